The van der Waals surface area contributed by atoms with E-state index in [0.29, 0.717) is 0 Å². The molecule has 3 aromatic carbocycles. The van der Waals surface area contributed by atoms with E-state index in [1.54, 1.807) is 0 Å². The van der Waals surface area contributed by atoms with Crippen molar-refractivity contribution >= 4 is 0 Å². The number of aliphatic hydroxyl groups excluding tert-OH is 1. The van der Waals surface area contributed by atoms with E-state index in [9.17, 15) is 9.50 Å². The summed E-state index contributed by atoms with van der Waals surface area (Å²) < 4.78 is 13.3. The summed E-state index contributed by atoms with van der Waals surface area (Å²) in [7, 11) is 0. The number of nitrogens with one attached hydrogen (secondary N) is 1. The van der Waals surface area contributed by atoms with Crippen LogP contribution >= 0.6 is 0 Å². The van der Waals surface area contributed by atoms with Crippen LogP contribution in [-0.4, -0.2) is 5.11 Å². The van der Waals surface area contributed by atoms with Crippen molar-refractivity contribution < 1.29 is 9.50 Å². The van der Waals surface area contributed by atoms with E-state index in [-0.39, 0.29) is 24.5 Å². The third kappa shape index (κ3) is 4.32. The van der Waals surface area contributed by atoms with E-state index in [2.05, 4.69) is 24.4 Å². The minimum Gasteiger partial charge on any atom is -0.392 e. The first-order chi connectivity index (χ1) is 12.2. The maximum absolute atomic E-state index is 13.3. The van der Waals surface area contributed by atoms with Gasteiger partial charge in [0.2, 0.25) is 0 Å². The van der Waals surface area contributed by atoms with Gasteiger partial charge >= 0.3 is 0 Å². The molecule has 0 aliphatic carbocycles. The molecular weight excluding hydrogens is 313 g/mol. The first-order valence-corrected chi connectivity index (χ1v) is 8.43. The van der Waals surface area contributed by atoms with Gasteiger partial charge in [0, 0.05) is 6.04 Å². The predicted molar refractivity (Wildman–Crippen MR) is 98.6 cm³/mol. The molecule has 0 saturated carbocycles. The van der Waals surface area contributed by atoms with Crippen LogP contribution in [0, 0.1) is 5.82 Å². The Kier molecular flexibility index (Phi) is 5.59. The van der Waals surface area contributed by atoms with Crippen LogP contribution in [0.2, 0.25) is 0 Å². The molecule has 3 aromatic rings. The van der Waals surface area contributed by atoms with Crippen LogP contribution in [0.3, 0.4) is 0 Å². The number of hydrogen-bond donors (Lipinski definition) is 2. The van der Waals surface area contributed by atoms with Gasteiger partial charge in [-0.05, 0) is 41.3 Å². The number of rotatable bonds is 6. The summed E-state index contributed by atoms with van der Waals surface area (Å²) in [5, 5.41) is 13.0. The summed E-state index contributed by atoms with van der Waals surface area (Å²) in [6.45, 7) is 2.12. The molecule has 128 valence electrons. The van der Waals surface area contributed by atoms with Gasteiger partial charge in [-0.25, -0.2) is 4.39 Å². The number of aliphatic hydroxyl groups is 1. The second kappa shape index (κ2) is 8.06. The first kappa shape index (κ1) is 17.3. The molecule has 2 atom stereocenters. The Balaban J connectivity index is 1.90. The fourth-order valence-electron chi connectivity index (χ4n) is 2.99. The Morgan fingerprint density at radius 3 is 2.16 bits per heavy atom. The molecule has 2 nitrogen and oxygen atoms in total. The minimum absolute atomic E-state index is 0.0284. The van der Waals surface area contributed by atoms with Gasteiger partial charge in [-0.15, -0.1) is 0 Å². The van der Waals surface area contributed by atoms with Crippen molar-refractivity contribution in [3.05, 3.63) is 107 Å². The topological polar surface area (TPSA) is 32.3 Å². The number of benzene rings is 3. The largest absolute Gasteiger partial charge is 0.392 e. The Morgan fingerprint density at radius 2 is 1.48 bits per heavy atom. The fourth-order valence-corrected chi connectivity index (χ4v) is 2.99. The monoisotopic (exact) mass is 335 g/mol. The zero-order valence-corrected chi connectivity index (χ0v) is 14.2. The molecule has 0 aromatic heterocycles. The highest BCUT2D eigenvalue weighted by atomic mass is 19.1. The van der Waals surface area contributed by atoms with Crippen LogP contribution in [0.4, 0.5) is 4.39 Å². The van der Waals surface area contributed by atoms with Crippen LogP contribution in [0.15, 0.2) is 78.9 Å². The molecule has 2 N–H and O–H groups in total. The predicted octanol–water partition coefficient (Wildman–Crippen LogP) is 4.76. The van der Waals surface area contributed by atoms with Gasteiger partial charge in [-0.3, -0.25) is 5.32 Å². The molecule has 3 heteroatoms. The van der Waals surface area contributed by atoms with Crippen molar-refractivity contribution in [3.63, 3.8) is 0 Å². The van der Waals surface area contributed by atoms with E-state index < -0.39 is 0 Å². The first-order valence-electron chi connectivity index (χ1n) is 8.43. The zero-order valence-electron chi connectivity index (χ0n) is 14.2. The van der Waals surface area contributed by atoms with Crippen molar-refractivity contribution in [2.45, 2.75) is 25.6 Å². The van der Waals surface area contributed by atoms with Crippen LogP contribution in [-0.2, 0) is 6.61 Å². The summed E-state index contributed by atoms with van der Waals surface area (Å²) in [5.41, 5.74) is 4.14. The van der Waals surface area contributed by atoms with Gasteiger partial charge in [-0.2, -0.15) is 0 Å². The van der Waals surface area contributed by atoms with E-state index in [0.717, 1.165) is 22.3 Å². The highest BCUT2D eigenvalue weighted by Crippen LogP contribution is 2.26. The Labute approximate surface area is 148 Å². The van der Waals surface area contributed by atoms with Crippen molar-refractivity contribution in [3.8, 4) is 0 Å². The average molecular weight is 335 g/mol. The van der Waals surface area contributed by atoms with Gasteiger partial charge in [-0.1, -0.05) is 66.7 Å². The van der Waals surface area contributed by atoms with Crippen molar-refractivity contribution in [1.29, 1.82) is 0 Å². The third-order valence-electron chi connectivity index (χ3n) is 4.39. The van der Waals surface area contributed by atoms with E-state index in [4.69, 9.17) is 0 Å². The normalized spacial score (nSPS) is 13.4. The summed E-state index contributed by atoms with van der Waals surface area (Å²) in [6.07, 6.45) is 0. The highest BCUT2D eigenvalue weighted by Gasteiger charge is 2.17. The molecule has 0 spiro atoms. The lowest BCUT2D eigenvalue weighted by Crippen LogP contribution is -2.25. The van der Waals surface area contributed by atoms with E-state index >= 15 is 0 Å². The number of halogens is 1. The number of hydrogen-bond acceptors (Lipinski definition) is 2. The summed E-state index contributed by atoms with van der Waals surface area (Å²) in [6, 6.07) is 24.7. The lowest BCUT2D eigenvalue weighted by molar-refractivity contribution is 0.281. The Morgan fingerprint density at radius 1 is 0.840 bits per heavy atom. The standard InChI is InChI=1S/C22H22FNO/c1-16(20-9-5-6-17(14-20)15-25)24-22(18-7-3-2-4-8-18)19-10-12-21(23)13-11-19/h2-14,16,22,24-25H,15H2,1H3. The van der Waals surface area contributed by atoms with Crippen LogP contribution in [0.25, 0.3) is 0 Å². The van der Waals surface area contributed by atoms with E-state index in [1.807, 2.05) is 54.6 Å². The lowest BCUT2D eigenvalue weighted by atomic mass is 9.96. The SMILES string of the molecule is CC(NC(c1ccccc1)c1ccc(F)cc1)c1cccc(CO)c1. The second-order valence-corrected chi connectivity index (χ2v) is 6.19. The van der Waals surface area contributed by atoms with Gasteiger partial charge in [0.05, 0.1) is 12.6 Å². The van der Waals surface area contributed by atoms with E-state index in [1.165, 1.54) is 12.1 Å². The molecule has 0 radical (unpaired) electrons. The maximum atomic E-state index is 13.3. The van der Waals surface area contributed by atoms with Crippen molar-refractivity contribution in [1.82, 2.24) is 5.32 Å². The molecule has 0 amide bonds. The molecule has 0 bridgehead atoms. The lowest BCUT2D eigenvalue weighted by Gasteiger charge is -2.25. The summed E-state index contributed by atoms with van der Waals surface area (Å²) in [5.74, 6) is -0.237. The van der Waals surface area contributed by atoms with Gasteiger partial charge in [0.25, 0.3) is 0 Å². The molecule has 25 heavy (non-hydrogen) atoms. The molecular formula is C22H22FNO. The fraction of sp³-hybridized carbons (Fsp3) is 0.182. The molecule has 2 unspecified atom stereocenters. The van der Waals surface area contributed by atoms with Crippen LogP contribution in [0.5, 0.6) is 0 Å². The summed E-state index contributed by atoms with van der Waals surface area (Å²) >= 11 is 0. The highest BCUT2D eigenvalue weighted by molar-refractivity contribution is 5.33. The smallest absolute Gasteiger partial charge is 0.123 e. The third-order valence-corrected chi connectivity index (χ3v) is 4.39. The van der Waals surface area contributed by atoms with Crippen molar-refractivity contribution in [2.24, 2.45) is 0 Å². The quantitative estimate of drug-likeness (QED) is 0.681. The molecule has 0 heterocycles. The molecule has 0 aliphatic heterocycles. The van der Waals surface area contributed by atoms with Gasteiger partial charge in [0.1, 0.15) is 5.82 Å². The van der Waals surface area contributed by atoms with Crippen LogP contribution in [0.1, 0.15) is 41.3 Å². The Hall–Kier alpha value is -2.49. The summed E-state index contributed by atoms with van der Waals surface area (Å²) in [4.78, 5) is 0. The average Bonchev–Trinajstić information content (AvgIpc) is 2.67. The molecule has 0 aliphatic rings. The molecule has 0 saturated heterocycles. The molecule has 3 rings (SSSR count). The van der Waals surface area contributed by atoms with Gasteiger partial charge < -0.3 is 5.11 Å². The second-order valence-electron chi connectivity index (χ2n) is 6.19. The van der Waals surface area contributed by atoms with Gasteiger partial charge in [0.15, 0.2) is 0 Å². The molecule has 0 fully saturated rings. The Bertz CT molecular complexity index is 802. The van der Waals surface area contributed by atoms with Crippen LogP contribution < -0.4 is 5.32 Å². The maximum Gasteiger partial charge on any atom is 0.123 e. The van der Waals surface area contributed by atoms with Crippen molar-refractivity contribution in [2.75, 3.05) is 0 Å². The minimum atomic E-state index is -0.237. The zero-order chi connectivity index (χ0) is 17.6.